The molecule has 1 aliphatic heterocycles. The van der Waals surface area contributed by atoms with Gasteiger partial charge in [-0.1, -0.05) is 43.9 Å². The second-order valence-corrected chi connectivity index (χ2v) is 9.08. The van der Waals surface area contributed by atoms with Crippen molar-refractivity contribution in [3.05, 3.63) is 42.0 Å². The summed E-state index contributed by atoms with van der Waals surface area (Å²) in [7, 11) is 0.544. The first-order chi connectivity index (χ1) is 10.4. The molecule has 2 aliphatic rings. The Bertz CT molecular complexity index is 619. The fraction of sp³-hybridized carbons (Fsp3) is 0.500. The highest BCUT2D eigenvalue weighted by molar-refractivity contribution is 7.97. The molecule has 0 spiro atoms. The van der Waals surface area contributed by atoms with Crippen LogP contribution in [-0.2, 0) is 17.3 Å². The number of benzene rings is 2. The van der Waals surface area contributed by atoms with Crippen LogP contribution in [-0.4, -0.2) is 11.5 Å². The second-order valence-electron chi connectivity index (χ2n) is 6.81. The van der Waals surface area contributed by atoms with Gasteiger partial charge in [-0.25, -0.2) is 0 Å². The first-order valence-electron chi connectivity index (χ1n) is 8.59. The highest BCUT2D eigenvalue weighted by atomic mass is 32.2. The van der Waals surface area contributed by atoms with E-state index in [0.717, 1.165) is 5.92 Å². The van der Waals surface area contributed by atoms with Gasteiger partial charge in [0.1, 0.15) is 11.5 Å². The molecular formula is C20H25S+. The summed E-state index contributed by atoms with van der Waals surface area (Å²) in [6.45, 7) is 0. The van der Waals surface area contributed by atoms with Crippen molar-refractivity contribution in [2.75, 3.05) is 11.5 Å². The maximum absolute atomic E-state index is 2.46. The van der Waals surface area contributed by atoms with Crippen LogP contribution in [0.1, 0.15) is 44.1 Å². The van der Waals surface area contributed by atoms with Crippen molar-refractivity contribution in [1.82, 2.24) is 0 Å². The lowest BCUT2D eigenvalue weighted by Gasteiger charge is -2.10. The average Bonchev–Trinajstić information content (AvgIpc) is 3.20. The molecule has 0 aromatic heterocycles. The Hall–Kier alpha value is -0.950. The predicted octanol–water partition coefficient (Wildman–Crippen LogP) is 5.34. The molecule has 0 amide bonds. The van der Waals surface area contributed by atoms with Crippen molar-refractivity contribution in [3.8, 4) is 0 Å². The zero-order valence-electron chi connectivity index (χ0n) is 12.8. The summed E-state index contributed by atoms with van der Waals surface area (Å²) in [5, 5.41) is 2.89. The van der Waals surface area contributed by atoms with Crippen LogP contribution in [0.15, 0.2) is 41.3 Å². The third kappa shape index (κ3) is 2.99. The topological polar surface area (TPSA) is 0 Å². The molecule has 2 aromatic carbocycles. The lowest BCUT2D eigenvalue weighted by atomic mass is 9.96. The Morgan fingerprint density at radius 3 is 2.33 bits per heavy atom. The number of fused-ring (bicyclic) bond motifs is 1. The van der Waals surface area contributed by atoms with Crippen LogP contribution in [0.3, 0.4) is 0 Å². The first kappa shape index (κ1) is 13.7. The molecule has 2 aromatic rings. The van der Waals surface area contributed by atoms with E-state index in [0.29, 0.717) is 10.9 Å². The molecule has 2 fully saturated rings. The van der Waals surface area contributed by atoms with Gasteiger partial charge in [0.2, 0.25) is 0 Å². The van der Waals surface area contributed by atoms with Gasteiger partial charge in [0, 0.05) is 17.0 Å². The third-order valence-corrected chi connectivity index (χ3v) is 7.72. The van der Waals surface area contributed by atoms with Crippen LogP contribution >= 0.6 is 0 Å². The van der Waals surface area contributed by atoms with E-state index in [-0.39, 0.29) is 0 Å². The molecule has 0 N–H and O–H groups in total. The summed E-state index contributed by atoms with van der Waals surface area (Å²) in [6.07, 6.45) is 9.94. The van der Waals surface area contributed by atoms with E-state index in [1.165, 1.54) is 67.2 Å². The Morgan fingerprint density at radius 2 is 1.52 bits per heavy atom. The van der Waals surface area contributed by atoms with E-state index in [1.54, 1.807) is 10.5 Å². The van der Waals surface area contributed by atoms with Gasteiger partial charge in [0.15, 0.2) is 4.90 Å². The van der Waals surface area contributed by atoms with Gasteiger partial charge in [-0.05, 0) is 53.6 Å². The predicted molar refractivity (Wildman–Crippen MR) is 94.2 cm³/mol. The van der Waals surface area contributed by atoms with Crippen LogP contribution in [0, 0.1) is 5.92 Å². The highest BCUT2D eigenvalue weighted by Gasteiger charge is 2.26. The zero-order valence-corrected chi connectivity index (χ0v) is 13.6. The minimum Gasteiger partial charge on any atom is -0.0584 e. The fourth-order valence-electron chi connectivity index (χ4n) is 4.02. The van der Waals surface area contributed by atoms with Crippen LogP contribution in [0.4, 0.5) is 0 Å². The van der Waals surface area contributed by atoms with E-state index < -0.39 is 0 Å². The van der Waals surface area contributed by atoms with Crippen molar-refractivity contribution >= 4 is 21.7 Å². The molecule has 0 radical (unpaired) electrons. The van der Waals surface area contributed by atoms with E-state index in [1.807, 2.05) is 0 Å². The molecule has 110 valence electrons. The highest BCUT2D eigenvalue weighted by Crippen LogP contribution is 2.30. The molecule has 1 heterocycles. The van der Waals surface area contributed by atoms with Gasteiger partial charge in [0.05, 0.1) is 0 Å². The van der Waals surface area contributed by atoms with Gasteiger partial charge in [0.25, 0.3) is 0 Å². The molecule has 4 rings (SSSR count). The van der Waals surface area contributed by atoms with Crippen molar-refractivity contribution in [2.45, 2.75) is 49.8 Å². The Labute approximate surface area is 131 Å². The van der Waals surface area contributed by atoms with Gasteiger partial charge < -0.3 is 0 Å². The van der Waals surface area contributed by atoms with Crippen LogP contribution in [0.25, 0.3) is 10.8 Å². The molecule has 21 heavy (non-hydrogen) atoms. The van der Waals surface area contributed by atoms with Crippen molar-refractivity contribution in [3.63, 3.8) is 0 Å². The molecule has 1 saturated heterocycles. The number of hydrogen-bond donors (Lipinski definition) is 0. The van der Waals surface area contributed by atoms with E-state index in [2.05, 4.69) is 36.4 Å². The molecule has 0 unspecified atom stereocenters. The number of rotatable bonds is 3. The van der Waals surface area contributed by atoms with E-state index in [4.69, 9.17) is 0 Å². The first-order valence-corrected chi connectivity index (χ1v) is 10.1. The third-order valence-electron chi connectivity index (χ3n) is 5.24. The van der Waals surface area contributed by atoms with Crippen LogP contribution in [0.5, 0.6) is 0 Å². The lowest BCUT2D eigenvalue weighted by Crippen LogP contribution is -2.03. The van der Waals surface area contributed by atoms with Gasteiger partial charge in [-0.15, -0.1) is 0 Å². The fourth-order valence-corrected chi connectivity index (χ4v) is 6.35. The van der Waals surface area contributed by atoms with Crippen LogP contribution < -0.4 is 0 Å². The van der Waals surface area contributed by atoms with E-state index in [9.17, 15) is 0 Å². The van der Waals surface area contributed by atoms with Gasteiger partial charge in [-0.2, -0.15) is 0 Å². The Kier molecular flexibility index (Phi) is 3.94. The van der Waals surface area contributed by atoms with Gasteiger partial charge in [-0.3, -0.25) is 0 Å². The summed E-state index contributed by atoms with van der Waals surface area (Å²) in [4.78, 5) is 1.60. The summed E-state index contributed by atoms with van der Waals surface area (Å²) in [6, 6.07) is 14.4. The maximum atomic E-state index is 2.46. The molecule has 1 saturated carbocycles. The smallest absolute Gasteiger partial charge is 0.0584 e. The average molecular weight is 297 g/mol. The minimum absolute atomic E-state index is 0.544. The summed E-state index contributed by atoms with van der Waals surface area (Å²) in [5.74, 6) is 3.79. The normalized spacial score (nSPS) is 20.6. The summed E-state index contributed by atoms with van der Waals surface area (Å²) < 4.78 is 0. The molecular weight excluding hydrogens is 272 g/mol. The molecule has 0 atom stereocenters. The van der Waals surface area contributed by atoms with Crippen molar-refractivity contribution < 1.29 is 0 Å². The SMILES string of the molecule is c1cc2cc([S+]3CCCC3)ccc2cc1CC1CCCC1. The molecule has 0 bridgehead atoms. The zero-order chi connectivity index (χ0) is 14.1. The minimum atomic E-state index is 0.544. The Balaban J connectivity index is 1.58. The molecule has 0 nitrogen and oxygen atoms in total. The largest absolute Gasteiger partial charge is 0.155 e. The van der Waals surface area contributed by atoms with Gasteiger partial charge >= 0.3 is 0 Å². The summed E-state index contributed by atoms with van der Waals surface area (Å²) in [5.41, 5.74) is 1.55. The standard InChI is InChI=1S/C20H25S/c1-2-6-16(5-1)13-17-7-8-19-15-20(10-9-18(19)14-17)21-11-3-4-12-21/h7-10,14-16H,1-6,11-13H2/q+1. The monoisotopic (exact) mass is 297 g/mol. The van der Waals surface area contributed by atoms with Crippen molar-refractivity contribution in [2.24, 2.45) is 5.92 Å². The number of hydrogen-bond acceptors (Lipinski definition) is 0. The second kappa shape index (κ2) is 6.04. The molecule has 1 heteroatoms. The Morgan fingerprint density at radius 1 is 0.810 bits per heavy atom. The lowest BCUT2D eigenvalue weighted by molar-refractivity contribution is 0.547. The quantitative estimate of drug-likeness (QED) is 0.670. The van der Waals surface area contributed by atoms with Crippen LogP contribution in [0.2, 0.25) is 0 Å². The molecule has 1 aliphatic carbocycles. The summed E-state index contributed by atoms with van der Waals surface area (Å²) >= 11 is 0. The van der Waals surface area contributed by atoms with Crippen molar-refractivity contribution in [1.29, 1.82) is 0 Å². The maximum Gasteiger partial charge on any atom is 0.155 e. The van der Waals surface area contributed by atoms with E-state index >= 15 is 0 Å².